The molecule has 1 amide bonds. The molecule has 94 valence electrons. The molecular formula is C11H22N2O3. The first-order chi connectivity index (χ1) is 7.65. The smallest absolute Gasteiger partial charge is 0.322 e. The lowest BCUT2D eigenvalue weighted by molar-refractivity contribution is -0.143. The first-order valence-electron chi connectivity index (χ1n) is 5.67. The molecule has 5 nitrogen and oxygen atoms in total. The van der Waals surface area contributed by atoms with E-state index in [4.69, 9.17) is 4.74 Å². The zero-order valence-electron chi connectivity index (χ0n) is 10.3. The third-order valence-electron chi connectivity index (χ3n) is 2.35. The molecule has 0 saturated carbocycles. The van der Waals surface area contributed by atoms with E-state index in [9.17, 15) is 9.59 Å². The SMILES string of the molecule is CCCCC(NCCC(=O)NC)C(=O)OC. The molecule has 1 atom stereocenters. The van der Waals surface area contributed by atoms with Gasteiger partial charge in [0.25, 0.3) is 0 Å². The van der Waals surface area contributed by atoms with E-state index in [2.05, 4.69) is 17.6 Å². The summed E-state index contributed by atoms with van der Waals surface area (Å²) in [6.07, 6.45) is 3.12. The third kappa shape index (κ3) is 6.40. The largest absolute Gasteiger partial charge is 0.468 e. The van der Waals surface area contributed by atoms with Crippen LogP contribution in [0.4, 0.5) is 0 Å². The van der Waals surface area contributed by atoms with Crippen LogP contribution in [0, 0.1) is 0 Å². The van der Waals surface area contributed by atoms with Crippen molar-refractivity contribution in [2.75, 3.05) is 20.7 Å². The van der Waals surface area contributed by atoms with E-state index >= 15 is 0 Å². The summed E-state index contributed by atoms with van der Waals surface area (Å²) in [7, 11) is 2.97. The van der Waals surface area contributed by atoms with Gasteiger partial charge >= 0.3 is 5.97 Å². The summed E-state index contributed by atoms with van der Waals surface area (Å²) in [5, 5.41) is 5.57. The van der Waals surface area contributed by atoms with Crippen molar-refractivity contribution in [2.45, 2.75) is 38.6 Å². The molecule has 0 fully saturated rings. The van der Waals surface area contributed by atoms with E-state index in [-0.39, 0.29) is 17.9 Å². The summed E-state index contributed by atoms with van der Waals surface area (Å²) in [6.45, 7) is 2.56. The van der Waals surface area contributed by atoms with Gasteiger partial charge < -0.3 is 15.4 Å². The summed E-state index contributed by atoms with van der Waals surface area (Å²) >= 11 is 0. The minimum Gasteiger partial charge on any atom is -0.468 e. The number of methoxy groups -OCH3 is 1. The fourth-order valence-corrected chi connectivity index (χ4v) is 1.34. The number of carbonyl (C=O) groups excluding carboxylic acids is 2. The maximum absolute atomic E-state index is 11.4. The van der Waals surface area contributed by atoms with Gasteiger partial charge in [0.1, 0.15) is 6.04 Å². The van der Waals surface area contributed by atoms with Gasteiger partial charge in [-0.2, -0.15) is 0 Å². The second-order valence-electron chi connectivity index (χ2n) is 3.60. The van der Waals surface area contributed by atoms with E-state index in [1.54, 1.807) is 7.05 Å². The lowest BCUT2D eigenvalue weighted by atomic mass is 10.1. The maximum Gasteiger partial charge on any atom is 0.322 e. The lowest BCUT2D eigenvalue weighted by Crippen LogP contribution is -2.39. The van der Waals surface area contributed by atoms with Gasteiger partial charge in [0.2, 0.25) is 5.91 Å². The fourth-order valence-electron chi connectivity index (χ4n) is 1.34. The summed E-state index contributed by atoms with van der Waals surface area (Å²) < 4.78 is 4.69. The number of carbonyl (C=O) groups is 2. The minimum atomic E-state index is -0.297. The molecule has 0 rings (SSSR count). The van der Waals surface area contributed by atoms with Crippen LogP contribution in [0.15, 0.2) is 0 Å². The number of ether oxygens (including phenoxy) is 1. The van der Waals surface area contributed by atoms with Crippen molar-refractivity contribution in [3.05, 3.63) is 0 Å². The van der Waals surface area contributed by atoms with E-state index < -0.39 is 0 Å². The zero-order valence-corrected chi connectivity index (χ0v) is 10.3. The van der Waals surface area contributed by atoms with Crippen LogP contribution in [-0.4, -0.2) is 38.6 Å². The molecule has 0 spiro atoms. The number of esters is 1. The average molecular weight is 230 g/mol. The molecule has 0 aromatic rings. The van der Waals surface area contributed by atoms with Crippen LogP contribution < -0.4 is 10.6 Å². The molecular weight excluding hydrogens is 208 g/mol. The Morgan fingerprint density at radius 3 is 2.56 bits per heavy atom. The van der Waals surface area contributed by atoms with Gasteiger partial charge in [-0.25, -0.2) is 0 Å². The molecule has 0 radical (unpaired) electrons. The Bertz CT molecular complexity index is 219. The van der Waals surface area contributed by atoms with Crippen molar-refractivity contribution in [3.63, 3.8) is 0 Å². The number of hydrogen-bond donors (Lipinski definition) is 2. The molecule has 0 aliphatic heterocycles. The first kappa shape index (κ1) is 14.9. The second-order valence-corrected chi connectivity index (χ2v) is 3.60. The van der Waals surface area contributed by atoms with Crippen LogP contribution in [-0.2, 0) is 14.3 Å². The van der Waals surface area contributed by atoms with Crippen LogP contribution in [0.1, 0.15) is 32.6 Å². The summed E-state index contributed by atoms with van der Waals surface area (Å²) in [5.74, 6) is -0.294. The Balaban J connectivity index is 3.91. The normalized spacial score (nSPS) is 11.9. The van der Waals surface area contributed by atoms with Gasteiger partial charge in [-0.05, 0) is 6.42 Å². The monoisotopic (exact) mass is 230 g/mol. The molecule has 0 saturated heterocycles. The predicted molar refractivity (Wildman–Crippen MR) is 62.0 cm³/mol. The van der Waals surface area contributed by atoms with Crippen LogP contribution in [0.3, 0.4) is 0 Å². The number of amides is 1. The number of unbranched alkanes of at least 4 members (excludes halogenated alkanes) is 1. The topological polar surface area (TPSA) is 67.4 Å². The molecule has 0 aliphatic rings. The van der Waals surface area contributed by atoms with Gasteiger partial charge in [-0.1, -0.05) is 19.8 Å². The zero-order chi connectivity index (χ0) is 12.4. The van der Waals surface area contributed by atoms with Crippen molar-refractivity contribution in [1.29, 1.82) is 0 Å². The minimum absolute atomic E-state index is 0.0355. The molecule has 1 unspecified atom stereocenters. The Kier molecular flexibility index (Phi) is 8.52. The van der Waals surface area contributed by atoms with Gasteiger partial charge in [-0.15, -0.1) is 0 Å². The van der Waals surface area contributed by atoms with Crippen molar-refractivity contribution in [3.8, 4) is 0 Å². The van der Waals surface area contributed by atoms with Gasteiger partial charge in [-0.3, -0.25) is 9.59 Å². The number of rotatable bonds is 8. The van der Waals surface area contributed by atoms with Crippen molar-refractivity contribution in [1.82, 2.24) is 10.6 Å². The van der Waals surface area contributed by atoms with Crippen molar-refractivity contribution >= 4 is 11.9 Å². The lowest BCUT2D eigenvalue weighted by Gasteiger charge is -2.15. The molecule has 0 aromatic carbocycles. The Hall–Kier alpha value is -1.10. The molecule has 5 heteroatoms. The van der Waals surface area contributed by atoms with Gasteiger partial charge in [0.15, 0.2) is 0 Å². The standard InChI is InChI=1S/C11H22N2O3/c1-4-5-6-9(11(15)16-3)13-8-7-10(14)12-2/h9,13H,4-8H2,1-3H3,(H,12,14). The molecule has 16 heavy (non-hydrogen) atoms. The second kappa shape index (κ2) is 9.15. The summed E-state index contributed by atoms with van der Waals surface area (Å²) in [4.78, 5) is 22.4. The average Bonchev–Trinajstić information content (AvgIpc) is 2.32. The van der Waals surface area contributed by atoms with Crippen LogP contribution in [0.2, 0.25) is 0 Å². The Labute approximate surface area is 96.9 Å². The summed E-state index contributed by atoms with van der Waals surface area (Å²) in [6, 6.07) is -0.297. The number of nitrogens with one attached hydrogen (secondary N) is 2. The highest BCUT2D eigenvalue weighted by atomic mass is 16.5. The molecule has 0 aromatic heterocycles. The van der Waals surface area contributed by atoms with E-state index in [1.807, 2.05) is 0 Å². The quantitative estimate of drug-likeness (QED) is 0.594. The highest BCUT2D eigenvalue weighted by Gasteiger charge is 2.17. The molecule has 0 bridgehead atoms. The Morgan fingerprint density at radius 2 is 2.06 bits per heavy atom. The maximum atomic E-state index is 11.4. The van der Waals surface area contributed by atoms with Crippen molar-refractivity contribution < 1.29 is 14.3 Å². The van der Waals surface area contributed by atoms with Crippen molar-refractivity contribution in [2.24, 2.45) is 0 Å². The van der Waals surface area contributed by atoms with E-state index in [1.165, 1.54) is 7.11 Å². The highest BCUT2D eigenvalue weighted by Crippen LogP contribution is 2.02. The fraction of sp³-hybridized carbons (Fsp3) is 0.818. The molecule has 2 N–H and O–H groups in total. The highest BCUT2D eigenvalue weighted by molar-refractivity contribution is 5.77. The molecule has 0 heterocycles. The van der Waals surface area contributed by atoms with E-state index in [0.717, 1.165) is 19.3 Å². The van der Waals surface area contributed by atoms with Gasteiger partial charge in [0.05, 0.1) is 7.11 Å². The molecule has 0 aliphatic carbocycles. The van der Waals surface area contributed by atoms with Crippen LogP contribution >= 0.6 is 0 Å². The third-order valence-corrected chi connectivity index (χ3v) is 2.35. The Morgan fingerprint density at radius 1 is 1.38 bits per heavy atom. The van der Waals surface area contributed by atoms with Crippen LogP contribution in [0.5, 0.6) is 0 Å². The van der Waals surface area contributed by atoms with Crippen LogP contribution in [0.25, 0.3) is 0 Å². The first-order valence-corrected chi connectivity index (χ1v) is 5.67. The van der Waals surface area contributed by atoms with E-state index in [0.29, 0.717) is 13.0 Å². The summed E-state index contributed by atoms with van der Waals surface area (Å²) in [5.41, 5.74) is 0. The van der Waals surface area contributed by atoms with Gasteiger partial charge in [0, 0.05) is 20.0 Å². The number of hydrogen-bond acceptors (Lipinski definition) is 4. The predicted octanol–water partition coefficient (Wildman–Crippen LogP) is 0.444.